The lowest BCUT2D eigenvalue weighted by atomic mass is 10.3. The van der Waals surface area contributed by atoms with Crippen LogP contribution in [0.3, 0.4) is 0 Å². The minimum Gasteiger partial charge on any atom is -0.396 e. The third-order valence-electron chi connectivity index (χ3n) is 3.32. The lowest BCUT2D eigenvalue weighted by Gasteiger charge is -2.35. The van der Waals surface area contributed by atoms with Gasteiger partial charge in [-0.3, -0.25) is 4.79 Å². The fraction of sp³-hybridized carbons (Fsp3) is 0.571. The van der Waals surface area contributed by atoms with Crippen LogP contribution in [0.15, 0.2) is 18.3 Å². The number of ether oxygens (including phenoxy) is 1. The van der Waals surface area contributed by atoms with Crippen LogP contribution in [0.1, 0.15) is 13.3 Å². The van der Waals surface area contributed by atoms with Crippen LogP contribution in [0, 0.1) is 0 Å². The van der Waals surface area contributed by atoms with Crippen molar-refractivity contribution in [2.45, 2.75) is 13.3 Å². The number of hydrogen-bond acceptors (Lipinski definition) is 5. The molecule has 0 bridgehead atoms. The highest BCUT2D eigenvalue weighted by Gasteiger charge is 2.22. The molecule has 0 radical (unpaired) electrons. The lowest BCUT2D eigenvalue weighted by Crippen LogP contribution is -2.50. The molecule has 1 amide bonds. The smallest absolute Gasteiger partial charge is 0.248 e. The molecule has 1 aromatic rings. The van der Waals surface area contributed by atoms with Crippen LogP contribution in [0.4, 0.5) is 11.5 Å². The van der Waals surface area contributed by atoms with E-state index in [1.807, 2.05) is 24.0 Å². The minimum atomic E-state index is 0.0621. The van der Waals surface area contributed by atoms with E-state index in [0.29, 0.717) is 25.4 Å². The second kappa shape index (κ2) is 7.09. The van der Waals surface area contributed by atoms with Crippen molar-refractivity contribution in [3.8, 4) is 0 Å². The Balaban J connectivity index is 1.83. The standard InChI is InChI=1S/C14H22N4O2/c1-2-10-20-11-13(19)17-6-8-18(9-7-17)14-12(15)4-3-5-16-14/h3-5H,2,6-11,15H2,1H3. The molecule has 0 spiro atoms. The van der Waals surface area contributed by atoms with Crippen molar-refractivity contribution in [1.82, 2.24) is 9.88 Å². The molecule has 1 aliphatic heterocycles. The number of nitrogens with zero attached hydrogens (tertiary/aromatic N) is 3. The van der Waals surface area contributed by atoms with Crippen molar-refractivity contribution in [1.29, 1.82) is 0 Å². The number of piperazine rings is 1. The number of aromatic nitrogens is 1. The fourth-order valence-corrected chi connectivity index (χ4v) is 2.24. The Hall–Kier alpha value is -1.82. The maximum absolute atomic E-state index is 11.9. The van der Waals surface area contributed by atoms with E-state index in [1.54, 1.807) is 6.20 Å². The average Bonchev–Trinajstić information content (AvgIpc) is 2.48. The van der Waals surface area contributed by atoms with Gasteiger partial charge in [-0.1, -0.05) is 6.92 Å². The average molecular weight is 278 g/mol. The van der Waals surface area contributed by atoms with Crippen LogP contribution in [0.5, 0.6) is 0 Å². The van der Waals surface area contributed by atoms with Gasteiger partial charge in [-0.2, -0.15) is 0 Å². The zero-order valence-electron chi connectivity index (χ0n) is 11.9. The maximum Gasteiger partial charge on any atom is 0.248 e. The van der Waals surface area contributed by atoms with Crippen molar-refractivity contribution in [2.75, 3.05) is 50.0 Å². The summed E-state index contributed by atoms with van der Waals surface area (Å²) in [6.07, 6.45) is 2.67. The van der Waals surface area contributed by atoms with Crippen LogP contribution >= 0.6 is 0 Å². The Morgan fingerprint density at radius 3 is 2.80 bits per heavy atom. The number of rotatable bonds is 5. The molecule has 1 fully saturated rings. The number of carbonyl (C=O) groups excluding carboxylic acids is 1. The van der Waals surface area contributed by atoms with Crippen LogP contribution < -0.4 is 10.6 Å². The first-order valence-electron chi connectivity index (χ1n) is 7.03. The molecule has 0 aromatic carbocycles. The number of anilines is 2. The first kappa shape index (κ1) is 14.6. The second-order valence-corrected chi connectivity index (χ2v) is 4.84. The number of nitrogen functional groups attached to an aromatic ring is 1. The van der Waals surface area contributed by atoms with E-state index in [-0.39, 0.29) is 12.5 Å². The monoisotopic (exact) mass is 278 g/mol. The highest BCUT2D eigenvalue weighted by atomic mass is 16.5. The Morgan fingerprint density at radius 2 is 2.15 bits per heavy atom. The Labute approximate surface area is 119 Å². The minimum absolute atomic E-state index is 0.0621. The number of carbonyl (C=O) groups is 1. The van der Waals surface area contributed by atoms with Crippen LogP contribution in [-0.2, 0) is 9.53 Å². The molecule has 1 aliphatic rings. The first-order valence-corrected chi connectivity index (χ1v) is 7.03. The molecule has 20 heavy (non-hydrogen) atoms. The first-order chi connectivity index (χ1) is 9.72. The van der Waals surface area contributed by atoms with Gasteiger partial charge in [-0.25, -0.2) is 4.98 Å². The van der Waals surface area contributed by atoms with E-state index >= 15 is 0 Å². The van der Waals surface area contributed by atoms with E-state index in [4.69, 9.17) is 10.5 Å². The van der Waals surface area contributed by atoms with Gasteiger partial charge in [-0.15, -0.1) is 0 Å². The summed E-state index contributed by atoms with van der Waals surface area (Å²) in [6.45, 7) is 5.71. The van der Waals surface area contributed by atoms with Crippen molar-refractivity contribution >= 4 is 17.4 Å². The molecule has 0 atom stereocenters. The quantitative estimate of drug-likeness (QED) is 0.804. The molecule has 6 nitrogen and oxygen atoms in total. The van der Waals surface area contributed by atoms with Crippen molar-refractivity contribution in [2.24, 2.45) is 0 Å². The molecular formula is C14H22N4O2. The van der Waals surface area contributed by atoms with Gasteiger partial charge in [-0.05, 0) is 18.6 Å². The predicted octanol–water partition coefficient (Wildman–Crippen LogP) is 0.739. The van der Waals surface area contributed by atoms with Gasteiger partial charge in [0, 0.05) is 39.0 Å². The highest BCUT2D eigenvalue weighted by Crippen LogP contribution is 2.20. The maximum atomic E-state index is 11.9. The lowest BCUT2D eigenvalue weighted by molar-refractivity contribution is -0.136. The summed E-state index contributed by atoms with van der Waals surface area (Å²) in [7, 11) is 0. The van der Waals surface area contributed by atoms with Crippen molar-refractivity contribution < 1.29 is 9.53 Å². The summed E-state index contributed by atoms with van der Waals surface area (Å²) in [6, 6.07) is 3.67. The van der Waals surface area contributed by atoms with Crippen LogP contribution in [0.2, 0.25) is 0 Å². The zero-order valence-corrected chi connectivity index (χ0v) is 11.9. The molecule has 2 N–H and O–H groups in total. The topological polar surface area (TPSA) is 71.7 Å². The SMILES string of the molecule is CCCOCC(=O)N1CCN(c2ncccc2N)CC1. The van der Waals surface area contributed by atoms with Crippen LogP contribution in [-0.4, -0.2) is 55.2 Å². The normalized spacial score (nSPS) is 15.4. The zero-order chi connectivity index (χ0) is 14.4. The molecular weight excluding hydrogens is 256 g/mol. The summed E-state index contributed by atoms with van der Waals surface area (Å²) in [5.74, 6) is 0.869. The number of hydrogen-bond donors (Lipinski definition) is 1. The molecule has 0 aliphatic carbocycles. The van der Waals surface area contributed by atoms with Gasteiger partial charge in [0.05, 0.1) is 5.69 Å². The molecule has 2 rings (SSSR count). The van der Waals surface area contributed by atoms with Gasteiger partial charge in [0.2, 0.25) is 5.91 Å². The molecule has 0 saturated carbocycles. The van der Waals surface area contributed by atoms with E-state index in [9.17, 15) is 4.79 Å². The molecule has 1 saturated heterocycles. The summed E-state index contributed by atoms with van der Waals surface area (Å²) in [5.41, 5.74) is 6.60. The third kappa shape index (κ3) is 3.60. The number of amides is 1. The second-order valence-electron chi connectivity index (χ2n) is 4.84. The van der Waals surface area contributed by atoms with Gasteiger partial charge < -0.3 is 20.3 Å². The van der Waals surface area contributed by atoms with Crippen LogP contribution in [0.25, 0.3) is 0 Å². The third-order valence-corrected chi connectivity index (χ3v) is 3.32. The Bertz CT molecular complexity index is 445. The molecule has 0 unspecified atom stereocenters. The largest absolute Gasteiger partial charge is 0.396 e. The summed E-state index contributed by atoms with van der Waals surface area (Å²) < 4.78 is 5.29. The summed E-state index contributed by atoms with van der Waals surface area (Å²) in [4.78, 5) is 20.2. The van der Waals surface area contributed by atoms with E-state index < -0.39 is 0 Å². The van der Waals surface area contributed by atoms with E-state index in [1.165, 1.54) is 0 Å². The van der Waals surface area contributed by atoms with Gasteiger partial charge in [0.25, 0.3) is 0 Å². The predicted molar refractivity (Wildman–Crippen MR) is 78.6 cm³/mol. The fourth-order valence-electron chi connectivity index (χ4n) is 2.24. The summed E-state index contributed by atoms with van der Waals surface area (Å²) in [5, 5.41) is 0. The number of nitrogens with two attached hydrogens (primary N) is 1. The Kier molecular flexibility index (Phi) is 5.17. The molecule has 110 valence electrons. The van der Waals surface area contributed by atoms with Gasteiger partial charge in [0.15, 0.2) is 5.82 Å². The highest BCUT2D eigenvalue weighted by molar-refractivity contribution is 5.78. The molecule has 2 heterocycles. The summed E-state index contributed by atoms with van der Waals surface area (Å²) >= 11 is 0. The van der Waals surface area contributed by atoms with Gasteiger partial charge >= 0.3 is 0 Å². The number of pyridine rings is 1. The van der Waals surface area contributed by atoms with Crippen molar-refractivity contribution in [3.63, 3.8) is 0 Å². The Morgan fingerprint density at radius 1 is 1.40 bits per heavy atom. The van der Waals surface area contributed by atoms with E-state index in [2.05, 4.69) is 9.88 Å². The van der Waals surface area contributed by atoms with Gasteiger partial charge in [0.1, 0.15) is 6.61 Å². The van der Waals surface area contributed by atoms with E-state index in [0.717, 1.165) is 25.3 Å². The van der Waals surface area contributed by atoms with Crippen molar-refractivity contribution in [3.05, 3.63) is 18.3 Å². The molecule has 6 heteroatoms. The molecule has 1 aromatic heterocycles.